The quantitative estimate of drug-likeness (QED) is 0.0309. The Labute approximate surface area is 414 Å². The molecule has 2 aromatic rings. The molecule has 1 heterocycles. The Morgan fingerprint density at radius 2 is 1.36 bits per heavy atom. The summed E-state index contributed by atoms with van der Waals surface area (Å²) >= 11 is 0. The van der Waals surface area contributed by atoms with Crippen molar-refractivity contribution in [3.05, 3.63) is 64.0 Å². The standard InChI is InChI=1S/C44H59N5O22S/c1-26(50)63-25-36-37(64-27(2)51)38(65-28(3)52)39(66-29(4)53)42(68-36)67-34-14-11-31(40(54)46-15-17-60-19-21-62-22-20-61-18-16-47-49-45)24-35(34)71-72(57,58)70-32-12-9-30(10-13-32)23-33(41(55)59-8)48-43(56)69-44(5,6)7/h9-14,24,33,36-39,42H,15-23,25H2,1-8H3,(H,46,54)(H,48,56)/t33?,36-,37+,38+,39-,42-/m1/s1. The summed E-state index contributed by atoms with van der Waals surface area (Å²) in [7, 11) is -4.03. The van der Waals surface area contributed by atoms with Crippen molar-refractivity contribution in [3.63, 3.8) is 0 Å². The highest BCUT2D eigenvalue weighted by molar-refractivity contribution is 7.82. The Morgan fingerprint density at radius 3 is 1.94 bits per heavy atom. The third-order valence-electron chi connectivity index (χ3n) is 9.00. The molecule has 72 heavy (non-hydrogen) atoms. The van der Waals surface area contributed by atoms with E-state index in [1.807, 2.05) is 0 Å². The van der Waals surface area contributed by atoms with Crippen molar-refractivity contribution in [2.75, 3.05) is 66.4 Å². The lowest BCUT2D eigenvalue weighted by Gasteiger charge is -2.43. The normalized spacial score (nSPS) is 17.9. The molecule has 1 unspecified atom stereocenters. The van der Waals surface area contributed by atoms with E-state index in [9.17, 15) is 42.0 Å². The molecule has 3 rings (SSSR count). The molecular formula is C44H59N5O22S. The summed E-state index contributed by atoms with van der Waals surface area (Å²) < 4.78 is 97.5. The molecule has 0 aromatic heterocycles. The summed E-state index contributed by atoms with van der Waals surface area (Å²) in [5, 5.41) is 8.40. The highest BCUT2D eigenvalue weighted by Crippen LogP contribution is 2.36. The predicted molar refractivity (Wildman–Crippen MR) is 243 cm³/mol. The minimum Gasteiger partial charge on any atom is -0.467 e. The Morgan fingerprint density at radius 1 is 0.764 bits per heavy atom. The Kier molecular flexibility index (Phi) is 24.2. The van der Waals surface area contributed by atoms with Gasteiger partial charge in [-0.15, -0.1) is 8.42 Å². The van der Waals surface area contributed by atoms with Crippen LogP contribution in [0, 0.1) is 0 Å². The molecule has 398 valence electrons. The number of nitrogens with zero attached hydrogens (tertiary/aromatic N) is 3. The fourth-order valence-corrected chi connectivity index (χ4v) is 6.93. The third-order valence-corrected chi connectivity index (χ3v) is 9.78. The monoisotopic (exact) mass is 1040 g/mol. The Balaban J connectivity index is 1.92. The number of hydrogen-bond donors (Lipinski definition) is 2. The first-order valence-electron chi connectivity index (χ1n) is 21.9. The number of ether oxygens (including phenoxy) is 11. The van der Waals surface area contributed by atoms with Crippen LogP contribution < -0.4 is 23.7 Å². The van der Waals surface area contributed by atoms with Gasteiger partial charge in [0, 0.05) is 57.7 Å². The van der Waals surface area contributed by atoms with Crippen molar-refractivity contribution in [1.82, 2.24) is 10.6 Å². The highest BCUT2D eigenvalue weighted by atomic mass is 32.3. The number of rotatable bonds is 28. The maximum atomic E-state index is 13.6. The number of carbonyl (C=O) groups is 7. The third kappa shape index (κ3) is 22.0. The van der Waals surface area contributed by atoms with Gasteiger partial charge < -0.3 is 71.1 Å². The lowest BCUT2D eigenvalue weighted by Crippen LogP contribution is -2.63. The first kappa shape index (κ1) is 59.3. The fourth-order valence-electron chi connectivity index (χ4n) is 6.20. The molecule has 1 aliphatic rings. The van der Waals surface area contributed by atoms with Gasteiger partial charge in [-0.2, -0.15) is 0 Å². The molecule has 0 radical (unpaired) electrons. The first-order chi connectivity index (χ1) is 34.0. The number of hydrogen-bond acceptors (Lipinski definition) is 23. The second kappa shape index (κ2) is 29.4. The van der Waals surface area contributed by atoms with Crippen LogP contribution >= 0.6 is 0 Å². The summed E-state index contributed by atoms with van der Waals surface area (Å²) in [6, 6.07) is 7.30. The van der Waals surface area contributed by atoms with Crippen molar-refractivity contribution < 1.29 is 102 Å². The number of esters is 5. The molecule has 28 heteroatoms. The molecule has 2 amide bonds. The van der Waals surface area contributed by atoms with E-state index in [0.29, 0.717) is 5.56 Å². The van der Waals surface area contributed by atoms with Crippen LogP contribution in [0.15, 0.2) is 47.6 Å². The number of azide groups is 1. The van der Waals surface area contributed by atoms with Crippen molar-refractivity contribution in [2.45, 2.75) is 97.2 Å². The van der Waals surface area contributed by atoms with Crippen molar-refractivity contribution in [3.8, 4) is 17.2 Å². The molecule has 0 spiro atoms. The average Bonchev–Trinajstić information content (AvgIpc) is 3.28. The fraction of sp³-hybridized carbons (Fsp3) is 0.568. The van der Waals surface area contributed by atoms with Crippen LogP contribution in [-0.2, 0) is 88.2 Å². The maximum Gasteiger partial charge on any atom is 0.501 e. The SMILES string of the molecule is COC(=O)C(Cc1ccc(OS(=O)(=O)Oc2cc(C(=O)NCCOCCOCCOCCN=[N+]=[N-])ccc2O[C@@H]2O[C@H](COC(C)=O)[C@H](OC(C)=O)[C@H](OC(C)=O)[C@H]2OC(C)=O)cc1)NC(=O)OC(C)(C)C. The van der Waals surface area contributed by atoms with Crippen molar-refractivity contribution in [2.24, 2.45) is 5.11 Å². The van der Waals surface area contributed by atoms with Crippen molar-refractivity contribution >= 4 is 52.2 Å². The molecule has 27 nitrogen and oxygen atoms in total. The van der Waals surface area contributed by atoms with E-state index in [4.69, 9.17) is 66.0 Å². The van der Waals surface area contributed by atoms with E-state index >= 15 is 0 Å². The zero-order chi connectivity index (χ0) is 53.4. The van der Waals surface area contributed by atoms with E-state index in [-0.39, 0.29) is 70.5 Å². The zero-order valence-electron chi connectivity index (χ0n) is 40.8. The van der Waals surface area contributed by atoms with Gasteiger partial charge >= 0.3 is 46.3 Å². The number of alkyl carbamates (subject to hydrolysis) is 1. The van der Waals surface area contributed by atoms with Gasteiger partial charge in [-0.1, -0.05) is 17.2 Å². The number of amides is 2. The average molecular weight is 1040 g/mol. The van der Waals surface area contributed by atoms with Crippen LogP contribution in [0.3, 0.4) is 0 Å². The number of methoxy groups -OCH3 is 1. The van der Waals surface area contributed by atoms with Crippen LogP contribution in [-0.4, -0.2) is 159 Å². The zero-order valence-corrected chi connectivity index (χ0v) is 41.6. The largest absolute Gasteiger partial charge is 0.501 e. The summed E-state index contributed by atoms with van der Waals surface area (Å²) in [6.45, 7) is 9.78. The van der Waals surface area contributed by atoms with E-state index < -0.39 is 113 Å². The molecule has 0 aliphatic carbocycles. The highest BCUT2D eigenvalue weighted by Gasteiger charge is 2.53. The van der Waals surface area contributed by atoms with Gasteiger partial charge in [0.2, 0.25) is 12.4 Å². The molecule has 1 fully saturated rings. The smallest absolute Gasteiger partial charge is 0.467 e. The molecule has 6 atom stereocenters. The van der Waals surface area contributed by atoms with Gasteiger partial charge in [0.25, 0.3) is 5.91 Å². The minimum absolute atomic E-state index is 0.0185. The molecule has 2 N–H and O–H groups in total. The number of carbonyl (C=O) groups excluding carboxylic acids is 7. The summed E-state index contributed by atoms with van der Waals surface area (Å²) in [5.74, 6) is -6.58. The summed E-state index contributed by atoms with van der Waals surface area (Å²) in [6.07, 6.45) is -9.28. The Bertz CT molecular complexity index is 2320. The van der Waals surface area contributed by atoms with Crippen LogP contribution in [0.5, 0.6) is 17.2 Å². The van der Waals surface area contributed by atoms with Gasteiger partial charge in [0.15, 0.2) is 23.7 Å². The molecular weight excluding hydrogens is 983 g/mol. The molecule has 1 aliphatic heterocycles. The van der Waals surface area contributed by atoms with Crippen molar-refractivity contribution in [1.29, 1.82) is 0 Å². The van der Waals surface area contributed by atoms with E-state index in [1.54, 1.807) is 20.8 Å². The van der Waals surface area contributed by atoms with Gasteiger partial charge in [0.1, 0.15) is 30.1 Å². The van der Waals surface area contributed by atoms with Crippen LogP contribution in [0.2, 0.25) is 0 Å². The second-order valence-corrected chi connectivity index (χ2v) is 17.2. The predicted octanol–water partition coefficient (Wildman–Crippen LogP) is 2.55. The van der Waals surface area contributed by atoms with E-state index in [2.05, 4.69) is 20.7 Å². The van der Waals surface area contributed by atoms with Crippen LogP contribution in [0.4, 0.5) is 4.79 Å². The summed E-state index contributed by atoms with van der Waals surface area (Å²) in [4.78, 5) is 89.9. The lowest BCUT2D eigenvalue weighted by molar-refractivity contribution is -0.288. The van der Waals surface area contributed by atoms with Gasteiger partial charge in [-0.25, -0.2) is 9.59 Å². The van der Waals surface area contributed by atoms with Crippen LogP contribution in [0.25, 0.3) is 10.4 Å². The molecule has 0 bridgehead atoms. The molecule has 0 saturated carbocycles. The maximum absolute atomic E-state index is 13.6. The topological polar surface area (TPSA) is 346 Å². The lowest BCUT2D eigenvalue weighted by atomic mass is 9.98. The minimum atomic E-state index is -5.16. The van der Waals surface area contributed by atoms with E-state index in [1.165, 1.54) is 30.3 Å². The van der Waals surface area contributed by atoms with E-state index in [0.717, 1.165) is 46.9 Å². The van der Waals surface area contributed by atoms with Gasteiger partial charge in [-0.3, -0.25) is 24.0 Å². The molecule has 2 aromatic carbocycles. The van der Waals surface area contributed by atoms with Gasteiger partial charge in [-0.05, 0) is 62.2 Å². The molecule has 1 saturated heterocycles. The van der Waals surface area contributed by atoms with Crippen LogP contribution in [0.1, 0.15) is 64.4 Å². The Hall–Kier alpha value is -6.97. The van der Waals surface area contributed by atoms with Gasteiger partial charge in [0.05, 0.1) is 46.8 Å². The summed E-state index contributed by atoms with van der Waals surface area (Å²) in [5.41, 5.74) is 7.66. The second-order valence-electron chi connectivity index (χ2n) is 16.0. The number of nitrogens with one attached hydrogen (secondary N) is 2. The first-order valence-corrected chi connectivity index (χ1v) is 23.3. The number of benzene rings is 2.